The van der Waals surface area contributed by atoms with Crippen LogP contribution < -0.4 is 0 Å². The molecule has 2 heterocycles. The van der Waals surface area contributed by atoms with Crippen molar-refractivity contribution >= 4 is 16.8 Å². The Morgan fingerprint density at radius 3 is 2.62 bits per heavy atom. The molecule has 1 N–H and O–H groups in total. The van der Waals surface area contributed by atoms with Crippen molar-refractivity contribution in [1.82, 2.24) is 9.88 Å². The number of hydrogen-bond acceptors (Lipinski definition) is 1. The molecule has 2 fully saturated rings. The summed E-state index contributed by atoms with van der Waals surface area (Å²) in [6.07, 6.45) is 9.52. The first-order valence-corrected chi connectivity index (χ1v) is 9.73. The van der Waals surface area contributed by atoms with E-state index in [1.54, 1.807) is 0 Å². The van der Waals surface area contributed by atoms with Crippen molar-refractivity contribution in [1.29, 1.82) is 0 Å². The molecule has 2 saturated carbocycles. The fourth-order valence-electron chi connectivity index (χ4n) is 5.00. The van der Waals surface area contributed by atoms with Gasteiger partial charge in [0.2, 0.25) is 5.91 Å². The molecule has 5 rings (SSSR count). The maximum Gasteiger partial charge on any atom is 0.226 e. The Hall–Kier alpha value is -1.77. The second kappa shape index (κ2) is 5.65. The number of hydrogen-bond donors (Lipinski definition) is 1. The average Bonchev–Trinajstić information content (AvgIpc) is 3.41. The van der Waals surface area contributed by atoms with E-state index in [4.69, 9.17) is 0 Å². The van der Waals surface area contributed by atoms with Crippen LogP contribution >= 0.6 is 0 Å². The smallest absolute Gasteiger partial charge is 0.226 e. The molecular weight excluding hydrogens is 296 g/mol. The van der Waals surface area contributed by atoms with Crippen molar-refractivity contribution in [3.8, 4) is 0 Å². The summed E-state index contributed by atoms with van der Waals surface area (Å²) in [7, 11) is 0. The second-order valence-corrected chi connectivity index (χ2v) is 7.96. The van der Waals surface area contributed by atoms with Gasteiger partial charge in [0.05, 0.1) is 6.04 Å². The van der Waals surface area contributed by atoms with Crippen LogP contribution in [0, 0.1) is 11.8 Å². The van der Waals surface area contributed by atoms with Gasteiger partial charge < -0.3 is 9.88 Å². The van der Waals surface area contributed by atoms with Gasteiger partial charge in [0.25, 0.3) is 0 Å². The highest BCUT2D eigenvalue weighted by Gasteiger charge is 2.44. The zero-order chi connectivity index (χ0) is 16.1. The number of aromatic amines is 1. The van der Waals surface area contributed by atoms with Gasteiger partial charge in [-0.25, -0.2) is 0 Å². The van der Waals surface area contributed by atoms with Crippen LogP contribution in [0.1, 0.15) is 62.2 Å². The molecule has 3 nitrogen and oxygen atoms in total. The molecule has 1 aromatic carbocycles. The molecule has 3 aliphatic rings. The van der Waals surface area contributed by atoms with Gasteiger partial charge >= 0.3 is 0 Å². The third-order valence-electron chi connectivity index (χ3n) is 6.39. The molecule has 0 spiro atoms. The van der Waals surface area contributed by atoms with E-state index < -0.39 is 0 Å². The minimum Gasteiger partial charge on any atom is -0.356 e. The highest BCUT2D eigenvalue weighted by Crippen LogP contribution is 2.49. The number of para-hydroxylation sites is 1. The number of fused-ring (bicyclic) bond motifs is 3. The van der Waals surface area contributed by atoms with Gasteiger partial charge in [-0.15, -0.1) is 0 Å². The third kappa shape index (κ3) is 2.28. The minimum absolute atomic E-state index is 0.283. The number of nitrogens with one attached hydrogen (secondary N) is 1. The quantitative estimate of drug-likeness (QED) is 0.863. The lowest BCUT2D eigenvalue weighted by atomic mass is 9.86. The van der Waals surface area contributed by atoms with Crippen LogP contribution in [-0.4, -0.2) is 22.3 Å². The van der Waals surface area contributed by atoms with E-state index in [1.807, 2.05) is 0 Å². The molecule has 1 atom stereocenters. The van der Waals surface area contributed by atoms with Crippen LogP contribution in [0.15, 0.2) is 24.3 Å². The van der Waals surface area contributed by atoms with Gasteiger partial charge in [-0.05, 0) is 49.7 Å². The van der Waals surface area contributed by atoms with E-state index in [-0.39, 0.29) is 5.92 Å². The summed E-state index contributed by atoms with van der Waals surface area (Å²) < 4.78 is 0. The van der Waals surface area contributed by atoms with Gasteiger partial charge in [-0.3, -0.25) is 4.79 Å². The summed E-state index contributed by atoms with van der Waals surface area (Å²) in [5, 5.41) is 1.36. The number of nitrogens with zero attached hydrogens (tertiary/aromatic N) is 1. The molecule has 1 unspecified atom stereocenters. The van der Waals surface area contributed by atoms with Crippen molar-refractivity contribution in [3.63, 3.8) is 0 Å². The topological polar surface area (TPSA) is 36.1 Å². The Kier molecular flexibility index (Phi) is 3.43. The first-order valence-electron chi connectivity index (χ1n) is 9.73. The zero-order valence-corrected chi connectivity index (χ0v) is 14.3. The van der Waals surface area contributed by atoms with Gasteiger partial charge in [0.1, 0.15) is 0 Å². The first kappa shape index (κ1) is 14.6. The number of rotatable bonds is 2. The van der Waals surface area contributed by atoms with Crippen LogP contribution in [0.5, 0.6) is 0 Å². The Labute approximate surface area is 143 Å². The Bertz CT molecular complexity index is 767. The minimum atomic E-state index is 0.283. The molecule has 2 aliphatic carbocycles. The summed E-state index contributed by atoms with van der Waals surface area (Å²) in [6.45, 7) is 0.908. The Balaban J connectivity index is 1.52. The van der Waals surface area contributed by atoms with Crippen molar-refractivity contribution < 1.29 is 4.79 Å². The summed E-state index contributed by atoms with van der Waals surface area (Å²) >= 11 is 0. The van der Waals surface area contributed by atoms with E-state index >= 15 is 0 Å². The van der Waals surface area contributed by atoms with E-state index in [9.17, 15) is 4.79 Å². The Morgan fingerprint density at radius 2 is 1.83 bits per heavy atom. The van der Waals surface area contributed by atoms with Gasteiger partial charge in [0, 0.05) is 29.1 Å². The summed E-state index contributed by atoms with van der Waals surface area (Å²) in [5.41, 5.74) is 4.05. The molecule has 1 amide bonds. The van der Waals surface area contributed by atoms with Crippen LogP contribution in [0.3, 0.4) is 0 Å². The Morgan fingerprint density at radius 1 is 1.04 bits per heavy atom. The molecule has 0 bridgehead atoms. The summed E-state index contributed by atoms with van der Waals surface area (Å²) in [4.78, 5) is 19.2. The number of benzene rings is 1. The highest BCUT2D eigenvalue weighted by molar-refractivity contribution is 5.86. The largest absolute Gasteiger partial charge is 0.356 e. The van der Waals surface area contributed by atoms with Gasteiger partial charge in [0.15, 0.2) is 0 Å². The summed E-state index contributed by atoms with van der Waals surface area (Å²) in [5.74, 6) is 1.39. The molecular formula is C21H26N2O. The van der Waals surface area contributed by atoms with Crippen LogP contribution in [0.4, 0.5) is 0 Å². The molecule has 1 aliphatic heterocycles. The normalized spacial score (nSPS) is 25.0. The number of amides is 1. The van der Waals surface area contributed by atoms with Crippen molar-refractivity contribution in [3.05, 3.63) is 35.5 Å². The van der Waals surface area contributed by atoms with E-state index in [0.29, 0.717) is 17.9 Å². The van der Waals surface area contributed by atoms with Crippen molar-refractivity contribution in [2.75, 3.05) is 6.54 Å². The molecule has 3 heteroatoms. The lowest BCUT2D eigenvalue weighted by molar-refractivity contribution is -0.140. The van der Waals surface area contributed by atoms with Crippen LogP contribution in [0.2, 0.25) is 0 Å². The second-order valence-electron chi connectivity index (χ2n) is 7.96. The fraction of sp³-hybridized carbons (Fsp3) is 0.571. The van der Waals surface area contributed by atoms with E-state index in [2.05, 4.69) is 34.1 Å². The standard InChI is InChI=1S/C21H26N2O/c24-21(15-6-2-1-3-7-15)23-13-12-17-16-8-4-5-9-18(16)22-19(17)20(23)14-10-11-14/h4-5,8-9,14-15,20,22H,1-3,6-7,10-13H2. The first-order chi connectivity index (χ1) is 11.8. The lowest BCUT2D eigenvalue weighted by Gasteiger charge is -2.39. The van der Waals surface area contributed by atoms with E-state index in [0.717, 1.165) is 25.8 Å². The van der Waals surface area contributed by atoms with E-state index in [1.165, 1.54) is 54.3 Å². The predicted molar refractivity (Wildman–Crippen MR) is 95.8 cm³/mol. The summed E-state index contributed by atoms with van der Waals surface area (Å²) in [6, 6.07) is 8.93. The molecule has 2 aromatic rings. The molecule has 0 radical (unpaired) electrons. The number of aromatic nitrogens is 1. The number of H-pyrrole nitrogens is 1. The van der Waals surface area contributed by atoms with Crippen LogP contribution in [-0.2, 0) is 11.2 Å². The highest BCUT2D eigenvalue weighted by atomic mass is 16.2. The molecule has 126 valence electrons. The molecule has 1 aromatic heterocycles. The fourth-order valence-corrected chi connectivity index (χ4v) is 5.00. The average molecular weight is 322 g/mol. The number of carbonyl (C=O) groups excluding carboxylic acids is 1. The number of carbonyl (C=O) groups is 1. The monoisotopic (exact) mass is 322 g/mol. The predicted octanol–water partition coefficient (Wildman–Crippen LogP) is 4.58. The van der Waals surface area contributed by atoms with Gasteiger partial charge in [-0.1, -0.05) is 37.5 Å². The lowest BCUT2D eigenvalue weighted by Crippen LogP contribution is -2.44. The SMILES string of the molecule is O=C(C1CCCCC1)N1CCc2c([nH]c3ccccc23)C1C1CC1. The van der Waals surface area contributed by atoms with Crippen molar-refractivity contribution in [2.45, 2.75) is 57.4 Å². The zero-order valence-electron chi connectivity index (χ0n) is 14.3. The van der Waals surface area contributed by atoms with Gasteiger partial charge in [-0.2, -0.15) is 0 Å². The van der Waals surface area contributed by atoms with Crippen LogP contribution in [0.25, 0.3) is 10.9 Å². The molecule has 24 heavy (non-hydrogen) atoms. The third-order valence-corrected chi connectivity index (χ3v) is 6.39. The molecule has 0 saturated heterocycles. The maximum absolute atomic E-state index is 13.2. The van der Waals surface area contributed by atoms with Crippen molar-refractivity contribution in [2.24, 2.45) is 11.8 Å². The maximum atomic E-state index is 13.2.